The van der Waals surface area contributed by atoms with Gasteiger partial charge in [-0.1, -0.05) is 29.8 Å². The Morgan fingerprint density at radius 3 is 2.25 bits per heavy atom. The van der Waals surface area contributed by atoms with E-state index < -0.39 is 9.84 Å². The van der Waals surface area contributed by atoms with E-state index in [1.807, 2.05) is 36.1 Å². The second-order valence-corrected chi connectivity index (χ2v) is 8.55. The third-order valence-electron chi connectivity index (χ3n) is 4.52. The molecule has 0 radical (unpaired) electrons. The topological polar surface area (TPSA) is 89.7 Å². The Morgan fingerprint density at radius 1 is 1.04 bits per heavy atom. The van der Waals surface area contributed by atoms with Gasteiger partial charge in [0, 0.05) is 13.1 Å². The summed E-state index contributed by atoms with van der Waals surface area (Å²) in [6, 6.07) is 14.3. The SMILES string of the molecule is Cc1ccc(S(=O)(=O)CN=C(N2CCOCC2)n2nc3ccccc3n2)cc1. The van der Waals surface area contributed by atoms with Crippen molar-refractivity contribution in [3.05, 3.63) is 54.1 Å². The Labute approximate surface area is 163 Å². The van der Waals surface area contributed by atoms with E-state index >= 15 is 0 Å². The van der Waals surface area contributed by atoms with Crippen molar-refractivity contribution < 1.29 is 13.2 Å². The zero-order valence-corrected chi connectivity index (χ0v) is 16.3. The molecule has 0 spiro atoms. The first kappa shape index (κ1) is 18.6. The van der Waals surface area contributed by atoms with Crippen molar-refractivity contribution in [2.24, 2.45) is 4.99 Å². The van der Waals surface area contributed by atoms with Gasteiger partial charge in [0.25, 0.3) is 0 Å². The second kappa shape index (κ2) is 7.69. The van der Waals surface area contributed by atoms with Crippen LogP contribution in [-0.4, -0.2) is 66.5 Å². The lowest BCUT2D eigenvalue weighted by atomic mass is 10.2. The lowest BCUT2D eigenvalue weighted by Gasteiger charge is -2.28. The molecule has 2 aromatic carbocycles. The predicted octanol–water partition coefficient (Wildman–Crippen LogP) is 1.71. The second-order valence-electron chi connectivity index (χ2n) is 6.59. The van der Waals surface area contributed by atoms with Crippen LogP contribution in [0.4, 0.5) is 0 Å². The summed E-state index contributed by atoms with van der Waals surface area (Å²) in [6.07, 6.45) is 0. The predicted molar refractivity (Wildman–Crippen MR) is 106 cm³/mol. The zero-order valence-electron chi connectivity index (χ0n) is 15.5. The number of benzene rings is 2. The van der Waals surface area contributed by atoms with Gasteiger partial charge in [-0.05, 0) is 31.2 Å². The molecule has 1 saturated heterocycles. The smallest absolute Gasteiger partial charge is 0.241 e. The highest BCUT2D eigenvalue weighted by Gasteiger charge is 2.21. The number of hydrogen-bond donors (Lipinski definition) is 0. The third kappa shape index (κ3) is 3.90. The van der Waals surface area contributed by atoms with Gasteiger partial charge in [0.15, 0.2) is 9.84 Å². The number of aryl methyl sites for hydroxylation is 1. The molecule has 0 N–H and O–H groups in total. The van der Waals surface area contributed by atoms with Crippen LogP contribution < -0.4 is 0 Å². The standard InChI is InChI=1S/C19H21N5O3S/c1-15-6-8-16(9-7-15)28(25,26)14-20-19(23-10-12-27-13-11-23)24-21-17-4-2-3-5-18(17)22-24/h2-9H,10-14H2,1H3. The number of hydrogen-bond acceptors (Lipinski definition) is 6. The quantitative estimate of drug-likeness (QED) is 0.492. The fourth-order valence-electron chi connectivity index (χ4n) is 2.97. The maximum Gasteiger partial charge on any atom is 0.241 e. The van der Waals surface area contributed by atoms with Gasteiger partial charge in [0.2, 0.25) is 5.96 Å². The van der Waals surface area contributed by atoms with Gasteiger partial charge in [0.05, 0.1) is 18.1 Å². The van der Waals surface area contributed by atoms with Gasteiger partial charge in [-0.3, -0.25) is 0 Å². The fraction of sp³-hybridized carbons (Fsp3) is 0.316. The van der Waals surface area contributed by atoms with Gasteiger partial charge in [-0.2, -0.15) is 0 Å². The molecule has 146 valence electrons. The van der Waals surface area contributed by atoms with Crippen LogP contribution in [0.3, 0.4) is 0 Å². The van der Waals surface area contributed by atoms with Crippen LogP contribution in [0.2, 0.25) is 0 Å². The van der Waals surface area contributed by atoms with E-state index in [0.717, 1.165) is 16.6 Å². The molecule has 0 bridgehead atoms. The molecule has 2 heterocycles. The Morgan fingerprint density at radius 2 is 1.64 bits per heavy atom. The summed E-state index contributed by atoms with van der Waals surface area (Å²) in [4.78, 5) is 8.04. The summed E-state index contributed by atoms with van der Waals surface area (Å²) in [5.41, 5.74) is 2.46. The molecular formula is C19H21N5O3S. The monoisotopic (exact) mass is 399 g/mol. The van der Waals surface area contributed by atoms with Crippen LogP contribution in [0, 0.1) is 6.92 Å². The Bertz CT molecular complexity index is 1070. The molecule has 3 aromatic rings. The summed E-state index contributed by atoms with van der Waals surface area (Å²) in [5.74, 6) is 0.0378. The molecule has 0 atom stereocenters. The van der Waals surface area contributed by atoms with Crippen LogP contribution in [0.15, 0.2) is 58.4 Å². The number of fused-ring (bicyclic) bond motifs is 1. The minimum atomic E-state index is -3.56. The van der Waals surface area contributed by atoms with Crippen molar-refractivity contribution in [1.82, 2.24) is 19.9 Å². The third-order valence-corrected chi connectivity index (χ3v) is 5.97. The molecule has 28 heavy (non-hydrogen) atoms. The fourth-order valence-corrected chi connectivity index (χ4v) is 3.95. The molecule has 0 aliphatic carbocycles. The summed E-state index contributed by atoms with van der Waals surface area (Å²) in [7, 11) is -3.56. The van der Waals surface area contributed by atoms with Gasteiger partial charge >= 0.3 is 0 Å². The molecule has 1 fully saturated rings. The minimum absolute atomic E-state index is 0.252. The number of rotatable bonds is 3. The normalized spacial score (nSPS) is 15.9. The zero-order chi connectivity index (χ0) is 19.6. The maximum absolute atomic E-state index is 12.7. The maximum atomic E-state index is 12.7. The Kier molecular flexibility index (Phi) is 5.10. The van der Waals surface area contributed by atoms with Crippen LogP contribution in [0.5, 0.6) is 0 Å². The van der Waals surface area contributed by atoms with E-state index in [9.17, 15) is 8.42 Å². The lowest BCUT2D eigenvalue weighted by molar-refractivity contribution is 0.0660. The van der Waals surface area contributed by atoms with Crippen LogP contribution >= 0.6 is 0 Å². The lowest BCUT2D eigenvalue weighted by Crippen LogP contribution is -2.45. The molecule has 0 saturated carbocycles. The molecule has 9 heteroatoms. The van der Waals surface area contributed by atoms with Crippen LogP contribution in [0.1, 0.15) is 5.56 Å². The van der Waals surface area contributed by atoms with E-state index in [-0.39, 0.29) is 10.8 Å². The van der Waals surface area contributed by atoms with Crippen molar-refractivity contribution in [2.45, 2.75) is 11.8 Å². The summed E-state index contributed by atoms with van der Waals surface area (Å²) in [5, 5.41) is 8.94. The number of aliphatic imine (C=N–C) groups is 1. The highest BCUT2D eigenvalue weighted by atomic mass is 32.2. The molecule has 0 amide bonds. The molecular weight excluding hydrogens is 378 g/mol. The van der Waals surface area contributed by atoms with Crippen LogP contribution in [0.25, 0.3) is 11.0 Å². The molecule has 4 rings (SSSR count). The Hall–Kier alpha value is -2.78. The van der Waals surface area contributed by atoms with E-state index in [1.165, 1.54) is 4.80 Å². The van der Waals surface area contributed by atoms with Crippen molar-refractivity contribution in [1.29, 1.82) is 0 Å². The van der Waals surface area contributed by atoms with Crippen molar-refractivity contribution in [3.8, 4) is 0 Å². The number of ether oxygens (including phenoxy) is 1. The summed E-state index contributed by atoms with van der Waals surface area (Å²) in [6.45, 7) is 4.21. The van der Waals surface area contributed by atoms with Gasteiger partial charge in [-0.25, -0.2) is 13.4 Å². The van der Waals surface area contributed by atoms with Gasteiger partial charge < -0.3 is 9.64 Å². The van der Waals surface area contributed by atoms with Crippen molar-refractivity contribution in [2.75, 3.05) is 32.2 Å². The average Bonchev–Trinajstić information content (AvgIpc) is 3.13. The highest BCUT2D eigenvalue weighted by molar-refractivity contribution is 7.91. The largest absolute Gasteiger partial charge is 0.378 e. The van der Waals surface area contributed by atoms with E-state index in [0.29, 0.717) is 32.3 Å². The molecule has 1 aliphatic rings. The average molecular weight is 399 g/mol. The van der Waals surface area contributed by atoms with Gasteiger partial charge in [0.1, 0.15) is 16.9 Å². The summed E-state index contributed by atoms with van der Waals surface area (Å²) < 4.78 is 30.9. The first-order chi connectivity index (χ1) is 13.5. The molecule has 8 nitrogen and oxygen atoms in total. The minimum Gasteiger partial charge on any atom is -0.378 e. The van der Waals surface area contributed by atoms with E-state index in [2.05, 4.69) is 15.2 Å². The first-order valence-electron chi connectivity index (χ1n) is 9.02. The first-order valence-corrected chi connectivity index (χ1v) is 10.7. The molecule has 0 unspecified atom stereocenters. The van der Waals surface area contributed by atoms with Gasteiger partial charge in [-0.15, -0.1) is 15.0 Å². The molecule has 1 aromatic heterocycles. The van der Waals surface area contributed by atoms with Crippen molar-refractivity contribution >= 4 is 26.8 Å². The number of aromatic nitrogens is 3. The number of sulfone groups is 1. The molecule has 1 aliphatic heterocycles. The Balaban J connectivity index is 1.69. The van der Waals surface area contributed by atoms with E-state index in [4.69, 9.17) is 4.74 Å². The van der Waals surface area contributed by atoms with Crippen LogP contribution in [-0.2, 0) is 14.6 Å². The number of morpholine rings is 1. The van der Waals surface area contributed by atoms with Crippen molar-refractivity contribution in [3.63, 3.8) is 0 Å². The van der Waals surface area contributed by atoms with E-state index in [1.54, 1.807) is 24.3 Å². The highest BCUT2D eigenvalue weighted by Crippen LogP contribution is 2.14. The summed E-state index contributed by atoms with van der Waals surface area (Å²) >= 11 is 0. The number of nitrogens with zero attached hydrogens (tertiary/aromatic N) is 5.